The molecule has 0 saturated carbocycles. The van der Waals surface area contributed by atoms with Crippen LogP contribution >= 0.6 is 0 Å². The highest BCUT2D eigenvalue weighted by Crippen LogP contribution is 2.03. The lowest BCUT2D eigenvalue weighted by atomic mass is 10.1. The molecule has 80 valence electrons. The number of benzene rings is 1. The van der Waals surface area contributed by atoms with Crippen LogP contribution in [0, 0.1) is 5.82 Å². The molecule has 1 rings (SSSR count). The van der Waals surface area contributed by atoms with Gasteiger partial charge < -0.3 is 4.74 Å². The zero-order valence-electron chi connectivity index (χ0n) is 8.57. The van der Waals surface area contributed by atoms with Crippen molar-refractivity contribution in [2.45, 2.75) is 13.3 Å². The molecule has 0 aromatic heterocycles. The molecule has 0 unspecified atom stereocenters. The first kappa shape index (κ1) is 11.4. The van der Waals surface area contributed by atoms with Crippen molar-refractivity contribution in [1.82, 2.24) is 0 Å². The van der Waals surface area contributed by atoms with Crippen LogP contribution in [-0.4, -0.2) is 12.6 Å². The average Bonchev–Trinajstić information content (AvgIpc) is 2.21. The molecule has 0 bridgehead atoms. The van der Waals surface area contributed by atoms with E-state index in [9.17, 15) is 9.18 Å². The second-order valence-corrected chi connectivity index (χ2v) is 2.99. The quantitative estimate of drug-likeness (QED) is 0.561. The molecule has 15 heavy (non-hydrogen) atoms. The lowest BCUT2D eigenvalue weighted by Crippen LogP contribution is -1.99. The summed E-state index contributed by atoms with van der Waals surface area (Å²) in [5, 5.41) is 0. The summed E-state index contributed by atoms with van der Waals surface area (Å²) >= 11 is 0. The summed E-state index contributed by atoms with van der Waals surface area (Å²) in [6, 6.07) is 6.16. The number of carbonyl (C=O) groups is 1. The number of ether oxygens (including phenoxy) is 1. The third-order valence-corrected chi connectivity index (χ3v) is 1.81. The van der Waals surface area contributed by atoms with E-state index >= 15 is 0 Å². The van der Waals surface area contributed by atoms with E-state index in [0.717, 1.165) is 5.56 Å². The molecular weight excluding hydrogens is 195 g/mol. The zero-order chi connectivity index (χ0) is 11.1. The number of hydrogen-bond donors (Lipinski definition) is 0. The summed E-state index contributed by atoms with van der Waals surface area (Å²) in [5.74, 6) is -0.604. The predicted octanol–water partition coefficient (Wildman–Crippen LogP) is 2.49. The molecule has 0 radical (unpaired) electrons. The largest absolute Gasteiger partial charge is 0.463 e. The van der Waals surface area contributed by atoms with Gasteiger partial charge in [-0.25, -0.2) is 9.18 Å². The van der Waals surface area contributed by atoms with Crippen molar-refractivity contribution in [3.63, 3.8) is 0 Å². The van der Waals surface area contributed by atoms with Gasteiger partial charge in [0.05, 0.1) is 6.61 Å². The molecule has 1 aromatic rings. The molecule has 3 heteroatoms. The van der Waals surface area contributed by atoms with Crippen molar-refractivity contribution < 1.29 is 13.9 Å². The molecule has 0 aliphatic carbocycles. The van der Waals surface area contributed by atoms with E-state index in [4.69, 9.17) is 4.74 Å². The fourth-order valence-corrected chi connectivity index (χ4v) is 1.10. The normalized spacial score (nSPS) is 10.5. The van der Waals surface area contributed by atoms with E-state index in [1.807, 2.05) is 0 Å². The highest BCUT2D eigenvalue weighted by Gasteiger charge is 1.94. The zero-order valence-corrected chi connectivity index (χ0v) is 8.57. The van der Waals surface area contributed by atoms with Gasteiger partial charge in [-0.15, -0.1) is 0 Å². The van der Waals surface area contributed by atoms with Crippen LogP contribution < -0.4 is 0 Å². The predicted molar refractivity (Wildman–Crippen MR) is 55.9 cm³/mol. The molecule has 0 atom stereocenters. The number of allylic oxidation sites excluding steroid dienone is 1. The standard InChI is InChI=1S/C12H13FO2/c1-2-15-12(14)5-3-4-10-6-8-11(13)9-7-10/h3,5-9H,2,4H2,1H3/b5-3+. The van der Waals surface area contributed by atoms with E-state index in [-0.39, 0.29) is 11.8 Å². The Morgan fingerprint density at radius 2 is 2.07 bits per heavy atom. The molecule has 0 aliphatic rings. The minimum absolute atomic E-state index is 0.256. The fourth-order valence-electron chi connectivity index (χ4n) is 1.10. The molecule has 0 heterocycles. The molecule has 0 N–H and O–H groups in total. The topological polar surface area (TPSA) is 26.3 Å². The molecule has 1 aromatic carbocycles. The smallest absolute Gasteiger partial charge is 0.330 e. The maximum absolute atomic E-state index is 12.5. The van der Waals surface area contributed by atoms with Gasteiger partial charge in [0.15, 0.2) is 0 Å². The minimum atomic E-state index is -0.348. The number of halogens is 1. The van der Waals surface area contributed by atoms with Crippen molar-refractivity contribution in [3.05, 3.63) is 47.8 Å². The fraction of sp³-hybridized carbons (Fsp3) is 0.250. The van der Waals surface area contributed by atoms with Gasteiger partial charge in [-0.1, -0.05) is 18.2 Å². The third kappa shape index (κ3) is 4.40. The van der Waals surface area contributed by atoms with Crippen LogP contribution in [0.25, 0.3) is 0 Å². The van der Waals surface area contributed by atoms with E-state index in [0.29, 0.717) is 13.0 Å². The van der Waals surface area contributed by atoms with Gasteiger partial charge in [0, 0.05) is 6.08 Å². The molecule has 0 fully saturated rings. The Morgan fingerprint density at radius 3 is 2.67 bits per heavy atom. The van der Waals surface area contributed by atoms with Crippen molar-refractivity contribution in [1.29, 1.82) is 0 Å². The van der Waals surface area contributed by atoms with Crippen LogP contribution in [0.3, 0.4) is 0 Å². The summed E-state index contributed by atoms with van der Waals surface area (Å²) in [6.45, 7) is 2.13. The second-order valence-electron chi connectivity index (χ2n) is 2.99. The van der Waals surface area contributed by atoms with Crippen molar-refractivity contribution in [3.8, 4) is 0 Å². The number of carbonyl (C=O) groups excluding carboxylic acids is 1. The number of esters is 1. The van der Waals surface area contributed by atoms with Crippen molar-refractivity contribution in [2.24, 2.45) is 0 Å². The molecule has 0 spiro atoms. The van der Waals surface area contributed by atoms with Gasteiger partial charge >= 0.3 is 5.97 Å². The summed E-state index contributed by atoms with van der Waals surface area (Å²) < 4.78 is 17.3. The van der Waals surface area contributed by atoms with Crippen LogP contribution in [0.2, 0.25) is 0 Å². The Bertz CT molecular complexity index is 341. The third-order valence-electron chi connectivity index (χ3n) is 1.81. The Kier molecular flexibility index (Phi) is 4.54. The second kappa shape index (κ2) is 5.96. The minimum Gasteiger partial charge on any atom is -0.463 e. The molecule has 0 aliphatic heterocycles. The number of rotatable bonds is 4. The maximum Gasteiger partial charge on any atom is 0.330 e. The Labute approximate surface area is 88.4 Å². The van der Waals surface area contributed by atoms with Crippen LogP contribution in [0.15, 0.2) is 36.4 Å². The Morgan fingerprint density at radius 1 is 1.40 bits per heavy atom. The summed E-state index contributed by atoms with van der Waals surface area (Å²) in [5.41, 5.74) is 0.956. The average molecular weight is 208 g/mol. The van der Waals surface area contributed by atoms with Gasteiger partial charge in [0.25, 0.3) is 0 Å². The van der Waals surface area contributed by atoms with Crippen molar-refractivity contribution in [2.75, 3.05) is 6.61 Å². The summed E-state index contributed by atoms with van der Waals surface area (Å²) in [4.78, 5) is 10.9. The summed E-state index contributed by atoms with van der Waals surface area (Å²) in [7, 11) is 0. The van der Waals surface area contributed by atoms with E-state index < -0.39 is 0 Å². The first-order chi connectivity index (χ1) is 7.22. The number of hydrogen-bond acceptors (Lipinski definition) is 2. The Hall–Kier alpha value is -1.64. The van der Waals surface area contributed by atoms with E-state index in [1.54, 1.807) is 25.1 Å². The van der Waals surface area contributed by atoms with E-state index in [2.05, 4.69) is 0 Å². The van der Waals surface area contributed by atoms with Crippen LogP contribution in [0.1, 0.15) is 12.5 Å². The van der Waals surface area contributed by atoms with Crippen LogP contribution in [0.5, 0.6) is 0 Å². The van der Waals surface area contributed by atoms with Crippen molar-refractivity contribution >= 4 is 5.97 Å². The monoisotopic (exact) mass is 208 g/mol. The molecular formula is C12H13FO2. The van der Waals surface area contributed by atoms with E-state index in [1.165, 1.54) is 18.2 Å². The highest BCUT2D eigenvalue weighted by atomic mass is 19.1. The highest BCUT2D eigenvalue weighted by molar-refractivity contribution is 5.81. The SMILES string of the molecule is CCOC(=O)/C=C/Cc1ccc(F)cc1. The summed E-state index contributed by atoms with van der Waals surface area (Å²) in [6.07, 6.45) is 3.68. The van der Waals surface area contributed by atoms with Gasteiger partial charge in [0.1, 0.15) is 5.82 Å². The van der Waals surface area contributed by atoms with Gasteiger partial charge in [-0.2, -0.15) is 0 Å². The molecule has 0 saturated heterocycles. The molecule has 0 amide bonds. The first-order valence-electron chi connectivity index (χ1n) is 4.80. The maximum atomic E-state index is 12.5. The Balaban J connectivity index is 2.43. The lowest BCUT2D eigenvalue weighted by molar-refractivity contribution is -0.137. The van der Waals surface area contributed by atoms with Crippen LogP contribution in [0.4, 0.5) is 4.39 Å². The lowest BCUT2D eigenvalue weighted by Gasteiger charge is -1.96. The van der Waals surface area contributed by atoms with Gasteiger partial charge in [0.2, 0.25) is 0 Å². The van der Waals surface area contributed by atoms with Crippen LogP contribution in [-0.2, 0) is 16.0 Å². The van der Waals surface area contributed by atoms with Gasteiger partial charge in [-0.05, 0) is 31.0 Å². The molecule has 2 nitrogen and oxygen atoms in total. The first-order valence-corrected chi connectivity index (χ1v) is 4.80. The van der Waals surface area contributed by atoms with Gasteiger partial charge in [-0.3, -0.25) is 0 Å².